The molecule has 1 aliphatic heterocycles. The van der Waals surface area contributed by atoms with Gasteiger partial charge in [0.15, 0.2) is 0 Å². The van der Waals surface area contributed by atoms with E-state index in [1.165, 1.54) is 0 Å². The summed E-state index contributed by atoms with van der Waals surface area (Å²) in [6, 6.07) is 0. The topological polar surface area (TPSA) is 56.8 Å². The first kappa shape index (κ1) is 14.4. The third kappa shape index (κ3) is 7.31. The molecule has 0 saturated carbocycles. The molecule has 100 valence electrons. The van der Waals surface area contributed by atoms with Gasteiger partial charge in [0.05, 0.1) is 39.0 Å². The molecule has 0 aliphatic carbocycles. The van der Waals surface area contributed by atoms with Crippen molar-refractivity contribution in [2.45, 2.75) is 32.3 Å². The molecule has 1 fully saturated rings. The number of carbonyl (C=O) groups is 1. The Balaban J connectivity index is 1.85. The van der Waals surface area contributed by atoms with Crippen LogP contribution in [0.5, 0.6) is 0 Å². The normalized spacial score (nSPS) is 17.0. The summed E-state index contributed by atoms with van der Waals surface area (Å²) in [6.07, 6.45) is 2.83. The maximum atomic E-state index is 11.0. The van der Waals surface area contributed by atoms with E-state index >= 15 is 0 Å². The van der Waals surface area contributed by atoms with Crippen molar-refractivity contribution in [1.29, 1.82) is 0 Å². The Bertz CT molecular complexity index is 205. The van der Waals surface area contributed by atoms with Gasteiger partial charge >= 0.3 is 5.97 Å². The highest BCUT2D eigenvalue weighted by molar-refractivity contribution is 5.69. The molecule has 0 atom stereocenters. The van der Waals surface area contributed by atoms with E-state index in [1.807, 2.05) is 0 Å². The first-order valence-electron chi connectivity index (χ1n) is 6.38. The van der Waals surface area contributed by atoms with Gasteiger partial charge in [0.25, 0.3) is 0 Å². The zero-order chi connectivity index (χ0) is 12.3. The van der Waals surface area contributed by atoms with Crippen molar-refractivity contribution in [2.24, 2.45) is 0 Å². The van der Waals surface area contributed by atoms with Crippen molar-refractivity contribution in [3.8, 4) is 0 Å². The highest BCUT2D eigenvalue weighted by atomic mass is 16.5. The third-order valence-electron chi connectivity index (χ3n) is 2.62. The summed E-state index contributed by atoms with van der Waals surface area (Å²) in [5.41, 5.74) is 0. The Labute approximate surface area is 103 Å². The van der Waals surface area contributed by atoms with Gasteiger partial charge in [0.2, 0.25) is 0 Å². The molecule has 0 unspecified atom stereocenters. The summed E-state index contributed by atoms with van der Waals surface area (Å²) in [7, 11) is 0. The molecular weight excluding hydrogens is 222 g/mol. The minimum absolute atomic E-state index is 0.202. The van der Waals surface area contributed by atoms with Crippen molar-refractivity contribution < 1.29 is 19.0 Å². The molecule has 0 spiro atoms. The molecule has 0 amide bonds. The van der Waals surface area contributed by atoms with Gasteiger partial charge in [-0.2, -0.15) is 0 Å². The van der Waals surface area contributed by atoms with Crippen LogP contribution in [-0.2, 0) is 19.0 Å². The van der Waals surface area contributed by atoms with E-state index in [4.69, 9.17) is 14.2 Å². The lowest BCUT2D eigenvalue weighted by Gasteiger charge is -2.22. The number of carbonyl (C=O) groups excluding carboxylic acids is 1. The Hall–Kier alpha value is -0.650. The van der Waals surface area contributed by atoms with Crippen LogP contribution >= 0.6 is 0 Å². The van der Waals surface area contributed by atoms with E-state index in [2.05, 4.69) is 5.32 Å². The first-order valence-corrected chi connectivity index (χ1v) is 6.38. The van der Waals surface area contributed by atoms with E-state index in [1.54, 1.807) is 6.92 Å². The third-order valence-corrected chi connectivity index (χ3v) is 2.62. The first-order chi connectivity index (χ1) is 8.33. The van der Waals surface area contributed by atoms with Gasteiger partial charge in [-0.1, -0.05) is 0 Å². The van der Waals surface area contributed by atoms with Crippen LogP contribution in [0.25, 0.3) is 0 Å². The zero-order valence-electron chi connectivity index (χ0n) is 10.6. The van der Waals surface area contributed by atoms with E-state index < -0.39 is 0 Å². The lowest BCUT2D eigenvalue weighted by Crippen LogP contribution is -2.33. The van der Waals surface area contributed by atoms with Crippen LogP contribution in [0.15, 0.2) is 0 Å². The monoisotopic (exact) mass is 245 g/mol. The Morgan fingerprint density at radius 1 is 1.24 bits per heavy atom. The highest BCUT2D eigenvalue weighted by Gasteiger charge is 2.12. The van der Waals surface area contributed by atoms with Crippen LogP contribution in [0.2, 0.25) is 0 Å². The van der Waals surface area contributed by atoms with Gasteiger partial charge in [-0.3, -0.25) is 4.79 Å². The van der Waals surface area contributed by atoms with Crippen LogP contribution in [0.1, 0.15) is 26.2 Å². The molecule has 0 aromatic heterocycles. The van der Waals surface area contributed by atoms with Crippen LogP contribution in [-0.4, -0.2) is 51.6 Å². The second-order valence-corrected chi connectivity index (χ2v) is 3.99. The van der Waals surface area contributed by atoms with Gasteiger partial charge in [-0.25, -0.2) is 0 Å². The fourth-order valence-corrected chi connectivity index (χ4v) is 1.73. The summed E-state index contributed by atoms with van der Waals surface area (Å²) < 4.78 is 15.7. The molecule has 0 aromatic carbocycles. The van der Waals surface area contributed by atoms with Gasteiger partial charge < -0.3 is 19.5 Å². The molecule has 0 aromatic rings. The van der Waals surface area contributed by atoms with E-state index in [0.717, 1.165) is 25.9 Å². The predicted octanol–water partition coefficient (Wildman–Crippen LogP) is 0.725. The molecule has 1 N–H and O–H groups in total. The van der Waals surface area contributed by atoms with Gasteiger partial charge in [0.1, 0.15) is 0 Å². The summed E-state index contributed by atoms with van der Waals surface area (Å²) in [5.74, 6) is -0.202. The average molecular weight is 245 g/mol. The summed E-state index contributed by atoms with van der Waals surface area (Å²) in [6.45, 7) is 5.86. The van der Waals surface area contributed by atoms with Crippen LogP contribution in [0.3, 0.4) is 0 Å². The summed E-state index contributed by atoms with van der Waals surface area (Å²) >= 11 is 0. The molecule has 1 aliphatic rings. The Kier molecular flexibility index (Phi) is 7.96. The number of nitrogens with one attached hydrogen (secondary N) is 1. The SMILES string of the molecule is CCOC(=O)CCOCCOC1CCNCC1. The van der Waals surface area contributed by atoms with E-state index in [0.29, 0.717) is 39.0 Å². The molecular formula is C12H23NO4. The minimum Gasteiger partial charge on any atom is -0.466 e. The molecule has 0 bridgehead atoms. The average Bonchev–Trinajstić information content (AvgIpc) is 2.35. The standard InChI is InChI=1S/C12H23NO4/c1-2-16-12(14)5-8-15-9-10-17-11-3-6-13-7-4-11/h11,13H,2-10H2,1H3. The number of hydrogen-bond donors (Lipinski definition) is 1. The smallest absolute Gasteiger partial charge is 0.308 e. The number of rotatable bonds is 8. The molecule has 1 rings (SSSR count). The number of esters is 1. The number of piperidine rings is 1. The number of ether oxygens (including phenoxy) is 3. The highest BCUT2D eigenvalue weighted by Crippen LogP contribution is 2.06. The second kappa shape index (κ2) is 9.39. The van der Waals surface area contributed by atoms with Crippen molar-refractivity contribution in [1.82, 2.24) is 5.32 Å². The largest absolute Gasteiger partial charge is 0.466 e. The predicted molar refractivity (Wildman–Crippen MR) is 63.9 cm³/mol. The van der Waals surface area contributed by atoms with Gasteiger partial charge in [-0.05, 0) is 32.9 Å². The quantitative estimate of drug-likeness (QED) is 0.504. The lowest BCUT2D eigenvalue weighted by molar-refractivity contribution is -0.144. The van der Waals surface area contributed by atoms with Crippen LogP contribution < -0.4 is 5.32 Å². The summed E-state index contributed by atoms with van der Waals surface area (Å²) in [4.78, 5) is 11.0. The molecule has 17 heavy (non-hydrogen) atoms. The molecule has 1 heterocycles. The lowest BCUT2D eigenvalue weighted by atomic mass is 10.1. The number of hydrogen-bond acceptors (Lipinski definition) is 5. The minimum atomic E-state index is -0.202. The Morgan fingerprint density at radius 2 is 2.00 bits per heavy atom. The summed E-state index contributed by atoms with van der Waals surface area (Å²) in [5, 5.41) is 3.29. The fraction of sp³-hybridized carbons (Fsp3) is 0.917. The fourth-order valence-electron chi connectivity index (χ4n) is 1.73. The zero-order valence-corrected chi connectivity index (χ0v) is 10.6. The maximum absolute atomic E-state index is 11.0. The molecule has 1 saturated heterocycles. The van der Waals surface area contributed by atoms with Crippen LogP contribution in [0, 0.1) is 0 Å². The molecule has 5 heteroatoms. The Morgan fingerprint density at radius 3 is 2.71 bits per heavy atom. The van der Waals surface area contributed by atoms with E-state index in [-0.39, 0.29) is 5.97 Å². The van der Waals surface area contributed by atoms with Gasteiger partial charge in [-0.15, -0.1) is 0 Å². The van der Waals surface area contributed by atoms with E-state index in [9.17, 15) is 4.79 Å². The van der Waals surface area contributed by atoms with Crippen molar-refractivity contribution in [3.63, 3.8) is 0 Å². The second-order valence-electron chi connectivity index (χ2n) is 3.99. The maximum Gasteiger partial charge on any atom is 0.308 e. The van der Waals surface area contributed by atoms with Crippen LogP contribution in [0.4, 0.5) is 0 Å². The van der Waals surface area contributed by atoms with Crippen molar-refractivity contribution in [2.75, 3.05) is 39.5 Å². The molecule has 0 radical (unpaired) electrons. The van der Waals surface area contributed by atoms with Crippen molar-refractivity contribution >= 4 is 5.97 Å². The van der Waals surface area contributed by atoms with Gasteiger partial charge in [0, 0.05) is 0 Å². The van der Waals surface area contributed by atoms with Crippen molar-refractivity contribution in [3.05, 3.63) is 0 Å². The molecule has 5 nitrogen and oxygen atoms in total.